The summed E-state index contributed by atoms with van der Waals surface area (Å²) < 4.78 is 4.03. The molecule has 1 unspecified atom stereocenters. The van der Waals surface area contributed by atoms with E-state index in [9.17, 15) is 0 Å². The summed E-state index contributed by atoms with van der Waals surface area (Å²) >= 11 is 1.40. The smallest absolute Gasteiger partial charge is 0.233 e. The molecule has 1 saturated heterocycles. The lowest BCUT2D eigenvalue weighted by Gasteiger charge is -2.26. The summed E-state index contributed by atoms with van der Waals surface area (Å²) in [7, 11) is 4.20. The molecule has 1 aliphatic heterocycles. The lowest BCUT2D eigenvalue weighted by molar-refractivity contribution is 0.372. The zero-order valence-electron chi connectivity index (χ0n) is 9.18. The molecular weight excluding hydrogens is 210 g/mol. The van der Waals surface area contributed by atoms with Crippen molar-refractivity contribution in [1.29, 1.82) is 0 Å². The fraction of sp³-hybridized carbons (Fsp3) is 0.778. The summed E-state index contributed by atoms with van der Waals surface area (Å²) in [6.07, 6.45) is 2.47. The van der Waals surface area contributed by atoms with Crippen LogP contribution < -0.4 is 10.6 Å². The van der Waals surface area contributed by atoms with Crippen molar-refractivity contribution in [2.75, 3.05) is 37.8 Å². The van der Waals surface area contributed by atoms with Gasteiger partial charge < -0.3 is 15.5 Å². The Labute approximate surface area is 94.1 Å². The van der Waals surface area contributed by atoms with Gasteiger partial charge in [-0.25, -0.2) is 0 Å². The quantitative estimate of drug-likeness (QED) is 0.821. The molecule has 0 spiro atoms. The molecule has 1 aliphatic rings. The number of nitrogens with two attached hydrogens (primary N) is 1. The summed E-state index contributed by atoms with van der Waals surface area (Å²) in [5.41, 5.74) is 5.54. The molecule has 0 radical (unpaired) electrons. The molecule has 0 aliphatic carbocycles. The molecule has 1 fully saturated rings. The van der Waals surface area contributed by atoms with Crippen molar-refractivity contribution < 1.29 is 0 Å². The Morgan fingerprint density at radius 2 is 2.40 bits per heavy atom. The fourth-order valence-electron chi connectivity index (χ4n) is 2.04. The molecule has 0 aromatic carbocycles. The highest BCUT2D eigenvalue weighted by atomic mass is 32.1. The van der Waals surface area contributed by atoms with Crippen LogP contribution in [0, 0.1) is 0 Å². The van der Waals surface area contributed by atoms with Crippen LogP contribution in [-0.4, -0.2) is 47.5 Å². The zero-order chi connectivity index (χ0) is 10.8. The van der Waals surface area contributed by atoms with Gasteiger partial charge in [0.15, 0.2) is 0 Å². The number of likely N-dealkylation sites (N-methyl/N-ethyl adjacent to an activating group) is 1. The van der Waals surface area contributed by atoms with Gasteiger partial charge in [0, 0.05) is 30.7 Å². The average Bonchev–Trinajstić information content (AvgIpc) is 2.72. The molecule has 6 heteroatoms. The molecule has 0 bridgehead atoms. The third-order valence-electron chi connectivity index (χ3n) is 2.63. The van der Waals surface area contributed by atoms with Crippen molar-refractivity contribution >= 4 is 22.6 Å². The molecule has 1 aromatic heterocycles. The van der Waals surface area contributed by atoms with Crippen LogP contribution in [0.1, 0.15) is 12.8 Å². The van der Waals surface area contributed by atoms with Crippen LogP contribution >= 0.6 is 11.5 Å². The van der Waals surface area contributed by atoms with E-state index in [2.05, 4.69) is 33.3 Å². The average molecular weight is 227 g/mol. The first-order valence-electron chi connectivity index (χ1n) is 5.17. The van der Waals surface area contributed by atoms with Crippen molar-refractivity contribution in [1.82, 2.24) is 14.3 Å². The maximum atomic E-state index is 5.54. The van der Waals surface area contributed by atoms with Gasteiger partial charge in [0.1, 0.15) is 0 Å². The van der Waals surface area contributed by atoms with Gasteiger partial charge in [-0.15, -0.1) is 0 Å². The third-order valence-corrected chi connectivity index (χ3v) is 3.40. The molecule has 84 valence electrons. The van der Waals surface area contributed by atoms with Crippen molar-refractivity contribution in [3.63, 3.8) is 0 Å². The molecule has 1 atom stereocenters. The first-order valence-corrected chi connectivity index (χ1v) is 5.94. The summed E-state index contributed by atoms with van der Waals surface area (Å²) in [6.45, 7) is 2.15. The number of aromatic nitrogens is 2. The molecule has 5 nitrogen and oxygen atoms in total. The molecule has 0 amide bonds. The number of anilines is 2. The van der Waals surface area contributed by atoms with E-state index in [-0.39, 0.29) is 0 Å². The van der Waals surface area contributed by atoms with Crippen molar-refractivity contribution in [2.45, 2.75) is 18.9 Å². The largest absolute Gasteiger partial charge is 0.367 e. The van der Waals surface area contributed by atoms with E-state index in [0.29, 0.717) is 12.0 Å². The minimum absolute atomic E-state index is 0.394. The van der Waals surface area contributed by atoms with Gasteiger partial charge in [-0.2, -0.15) is 9.36 Å². The highest BCUT2D eigenvalue weighted by Gasteiger charge is 2.27. The molecule has 1 aromatic rings. The van der Waals surface area contributed by atoms with E-state index < -0.39 is 0 Å². The first kappa shape index (κ1) is 10.6. The van der Waals surface area contributed by atoms with Crippen LogP contribution in [0.5, 0.6) is 0 Å². The number of rotatable bonds is 3. The fourth-order valence-corrected chi connectivity index (χ4v) is 2.74. The van der Waals surface area contributed by atoms with E-state index in [4.69, 9.17) is 5.73 Å². The Kier molecular flexibility index (Phi) is 3.06. The van der Waals surface area contributed by atoms with Crippen molar-refractivity contribution in [3.05, 3.63) is 0 Å². The van der Waals surface area contributed by atoms with Crippen LogP contribution in [0.25, 0.3) is 0 Å². The normalized spacial score (nSPS) is 21.5. The van der Waals surface area contributed by atoms with E-state index in [1.54, 1.807) is 0 Å². The summed E-state index contributed by atoms with van der Waals surface area (Å²) in [4.78, 5) is 8.79. The summed E-state index contributed by atoms with van der Waals surface area (Å²) in [5.74, 6) is 0.394. The Morgan fingerprint density at radius 3 is 3.00 bits per heavy atom. The minimum atomic E-state index is 0.394. The standard InChI is InChI=1S/C9H17N5S/c1-13(2)6-7-4-3-5-14(7)9-11-8(10)12-15-9/h7H,3-6H2,1-2H3,(H2,10,12). The van der Waals surface area contributed by atoms with Crippen LogP contribution in [-0.2, 0) is 0 Å². The molecule has 2 heterocycles. The van der Waals surface area contributed by atoms with E-state index in [1.165, 1.54) is 24.4 Å². The molecule has 2 N–H and O–H groups in total. The first-order chi connectivity index (χ1) is 7.16. The van der Waals surface area contributed by atoms with Crippen molar-refractivity contribution in [2.24, 2.45) is 0 Å². The van der Waals surface area contributed by atoms with Gasteiger partial charge in [0.2, 0.25) is 11.1 Å². The number of hydrogen-bond acceptors (Lipinski definition) is 6. The summed E-state index contributed by atoms with van der Waals surface area (Å²) in [6, 6.07) is 0.562. The maximum absolute atomic E-state index is 5.54. The van der Waals surface area contributed by atoms with Crippen LogP contribution in [0.15, 0.2) is 0 Å². The second-order valence-electron chi connectivity index (χ2n) is 4.19. The monoisotopic (exact) mass is 227 g/mol. The minimum Gasteiger partial charge on any atom is -0.367 e. The maximum Gasteiger partial charge on any atom is 0.233 e. The third kappa shape index (κ3) is 2.38. The van der Waals surface area contributed by atoms with Gasteiger partial charge in [-0.05, 0) is 26.9 Å². The lowest BCUT2D eigenvalue weighted by atomic mass is 10.2. The Morgan fingerprint density at radius 1 is 1.60 bits per heavy atom. The van der Waals surface area contributed by atoms with Gasteiger partial charge >= 0.3 is 0 Å². The molecule has 15 heavy (non-hydrogen) atoms. The van der Waals surface area contributed by atoms with Crippen LogP contribution in [0.3, 0.4) is 0 Å². The molecule has 0 saturated carbocycles. The van der Waals surface area contributed by atoms with Crippen molar-refractivity contribution in [3.8, 4) is 0 Å². The lowest BCUT2D eigenvalue weighted by Crippen LogP contribution is -2.37. The Balaban J connectivity index is 2.07. The molecular formula is C9H17N5S. The highest BCUT2D eigenvalue weighted by Crippen LogP contribution is 2.27. The van der Waals surface area contributed by atoms with Gasteiger partial charge in [-0.1, -0.05) is 0 Å². The Bertz CT molecular complexity index is 324. The second-order valence-corrected chi connectivity index (χ2v) is 4.92. The van der Waals surface area contributed by atoms with Gasteiger partial charge in [-0.3, -0.25) is 0 Å². The van der Waals surface area contributed by atoms with Crippen LogP contribution in [0.4, 0.5) is 11.1 Å². The zero-order valence-corrected chi connectivity index (χ0v) is 10.00. The topological polar surface area (TPSA) is 58.3 Å². The van der Waals surface area contributed by atoms with E-state index >= 15 is 0 Å². The van der Waals surface area contributed by atoms with Gasteiger partial charge in [0.05, 0.1) is 0 Å². The van der Waals surface area contributed by atoms with Gasteiger partial charge in [0.25, 0.3) is 0 Å². The van der Waals surface area contributed by atoms with Crippen LogP contribution in [0.2, 0.25) is 0 Å². The molecule has 2 rings (SSSR count). The van der Waals surface area contributed by atoms with E-state index in [0.717, 1.165) is 18.2 Å². The summed E-state index contributed by atoms with van der Waals surface area (Å²) in [5, 5.41) is 0.969. The predicted octanol–water partition coefficient (Wildman–Crippen LogP) is 0.651. The highest BCUT2D eigenvalue weighted by molar-refractivity contribution is 7.09. The number of nitrogen functional groups attached to an aromatic ring is 1. The second kappa shape index (κ2) is 4.32. The predicted molar refractivity (Wildman–Crippen MR) is 63.2 cm³/mol. The number of nitrogens with zero attached hydrogens (tertiary/aromatic N) is 4. The Hall–Kier alpha value is -0.880. The SMILES string of the molecule is CN(C)CC1CCCN1c1nc(N)ns1. The van der Waals surface area contributed by atoms with E-state index in [1.807, 2.05) is 0 Å². The number of hydrogen-bond donors (Lipinski definition) is 1.